The van der Waals surface area contributed by atoms with E-state index in [0.29, 0.717) is 11.4 Å². The molecule has 0 atom stereocenters. The summed E-state index contributed by atoms with van der Waals surface area (Å²) >= 11 is 0. The number of esters is 1. The average molecular weight is 487 g/mol. The third-order valence-electron chi connectivity index (χ3n) is 5.77. The van der Waals surface area contributed by atoms with Crippen molar-refractivity contribution in [3.05, 3.63) is 101 Å². The van der Waals surface area contributed by atoms with Gasteiger partial charge in [-0.15, -0.1) is 0 Å². The number of hydrogen-bond donors (Lipinski definition) is 1. The number of nitrogens with one attached hydrogen (secondary N) is 1. The molecule has 1 heterocycles. The van der Waals surface area contributed by atoms with Crippen LogP contribution in [-0.4, -0.2) is 23.6 Å². The van der Waals surface area contributed by atoms with Gasteiger partial charge in [-0.25, -0.2) is 9.18 Å². The third kappa shape index (κ3) is 5.30. The SMILES string of the molecule is COC(=O)c1cc(-n2c(C)ccc2-c2cc(C)ccc2OCc2ccc(F)cc2)ccc1NC(C)=O. The largest absolute Gasteiger partial charge is 0.488 e. The van der Waals surface area contributed by atoms with Gasteiger partial charge in [0.1, 0.15) is 18.2 Å². The molecule has 4 rings (SSSR count). The lowest BCUT2D eigenvalue weighted by Gasteiger charge is -2.18. The number of ether oxygens (including phenoxy) is 2. The van der Waals surface area contributed by atoms with Gasteiger partial charge in [0.15, 0.2) is 0 Å². The number of carbonyl (C=O) groups is 2. The van der Waals surface area contributed by atoms with Crippen molar-refractivity contribution in [3.63, 3.8) is 0 Å². The number of carbonyl (C=O) groups excluding carboxylic acids is 2. The summed E-state index contributed by atoms with van der Waals surface area (Å²) in [5.74, 6) is -0.453. The van der Waals surface area contributed by atoms with Crippen molar-refractivity contribution in [1.82, 2.24) is 4.57 Å². The van der Waals surface area contributed by atoms with E-state index in [2.05, 4.69) is 5.32 Å². The number of hydrogen-bond acceptors (Lipinski definition) is 4. The smallest absolute Gasteiger partial charge is 0.340 e. The van der Waals surface area contributed by atoms with Crippen LogP contribution in [-0.2, 0) is 16.1 Å². The molecule has 3 aromatic carbocycles. The van der Waals surface area contributed by atoms with E-state index in [4.69, 9.17) is 9.47 Å². The van der Waals surface area contributed by atoms with Crippen molar-refractivity contribution in [2.24, 2.45) is 0 Å². The Hall–Kier alpha value is -4.39. The summed E-state index contributed by atoms with van der Waals surface area (Å²) < 4.78 is 26.4. The zero-order chi connectivity index (χ0) is 25.8. The minimum absolute atomic E-state index is 0.251. The van der Waals surface area contributed by atoms with Gasteiger partial charge >= 0.3 is 5.97 Å². The third-order valence-corrected chi connectivity index (χ3v) is 5.77. The second-order valence-corrected chi connectivity index (χ2v) is 8.51. The summed E-state index contributed by atoms with van der Waals surface area (Å²) in [7, 11) is 1.30. The Bertz CT molecular complexity index is 1420. The van der Waals surface area contributed by atoms with Gasteiger partial charge in [0.25, 0.3) is 0 Å². The van der Waals surface area contributed by atoms with Crippen molar-refractivity contribution < 1.29 is 23.5 Å². The molecule has 0 aliphatic rings. The Morgan fingerprint density at radius 2 is 1.69 bits per heavy atom. The Labute approximate surface area is 209 Å². The number of halogens is 1. The zero-order valence-corrected chi connectivity index (χ0v) is 20.6. The van der Waals surface area contributed by atoms with Crippen molar-refractivity contribution in [2.75, 3.05) is 12.4 Å². The maximum atomic E-state index is 13.3. The van der Waals surface area contributed by atoms with Crippen molar-refractivity contribution in [2.45, 2.75) is 27.4 Å². The highest BCUT2D eigenvalue weighted by Crippen LogP contribution is 2.35. The number of methoxy groups -OCH3 is 1. The predicted octanol–water partition coefficient (Wildman–Crippen LogP) is 6.22. The van der Waals surface area contributed by atoms with Crippen LogP contribution in [0.1, 0.15) is 34.1 Å². The van der Waals surface area contributed by atoms with Crippen LogP contribution < -0.4 is 10.1 Å². The van der Waals surface area contributed by atoms with Gasteiger partial charge in [0, 0.05) is 23.9 Å². The first kappa shape index (κ1) is 24.7. The molecule has 1 aromatic heterocycles. The molecule has 36 heavy (non-hydrogen) atoms. The molecular formula is C29H27FN2O4. The van der Waals surface area contributed by atoms with Crippen LogP contribution in [0.4, 0.5) is 10.1 Å². The maximum absolute atomic E-state index is 13.3. The Balaban J connectivity index is 1.77. The van der Waals surface area contributed by atoms with E-state index < -0.39 is 5.97 Å². The Kier molecular flexibility index (Phi) is 7.20. The van der Waals surface area contributed by atoms with E-state index in [1.807, 2.05) is 54.8 Å². The lowest BCUT2D eigenvalue weighted by Crippen LogP contribution is -2.13. The van der Waals surface area contributed by atoms with Crippen LogP contribution in [0.2, 0.25) is 0 Å². The van der Waals surface area contributed by atoms with Gasteiger partial charge in [0.2, 0.25) is 5.91 Å². The Morgan fingerprint density at radius 1 is 0.944 bits per heavy atom. The fourth-order valence-electron chi connectivity index (χ4n) is 4.05. The number of anilines is 1. The van der Waals surface area contributed by atoms with E-state index in [9.17, 15) is 14.0 Å². The predicted molar refractivity (Wildman–Crippen MR) is 137 cm³/mol. The number of nitrogens with zero attached hydrogens (tertiary/aromatic N) is 1. The van der Waals surface area contributed by atoms with Crippen molar-refractivity contribution in [1.29, 1.82) is 0 Å². The molecule has 0 saturated heterocycles. The average Bonchev–Trinajstić information content (AvgIpc) is 3.24. The fourth-order valence-corrected chi connectivity index (χ4v) is 4.05. The van der Waals surface area contributed by atoms with Crippen LogP contribution in [0.3, 0.4) is 0 Å². The molecule has 0 fully saturated rings. The van der Waals surface area contributed by atoms with Crippen LogP contribution in [0, 0.1) is 19.7 Å². The van der Waals surface area contributed by atoms with E-state index in [1.165, 1.54) is 26.2 Å². The summed E-state index contributed by atoms with van der Waals surface area (Å²) in [4.78, 5) is 24.1. The molecular weight excluding hydrogens is 459 g/mol. The quantitative estimate of drug-likeness (QED) is 0.315. The lowest BCUT2D eigenvalue weighted by atomic mass is 10.1. The van der Waals surface area contributed by atoms with Gasteiger partial charge < -0.3 is 19.4 Å². The number of rotatable bonds is 7. The first-order valence-corrected chi connectivity index (χ1v) is 11.4. The molecule has 1 N–H and O–H groups in total. The molecule has 7 heteroatoms. The molecule has 4 aromatic rings. The normalized spacial score (nSPS) is 10.7. The fraction of sp³-hybridized carbons (Fsp3) is 0.172. The molecule has 6 nitrogen and oxygen atoms in total. The van der Waals surface area contributed by atoms with E-state index in [-0.39, 0.29) is 23.9 Å². The topological polar surface area (TPSA) is 69.6 Å². The van der Waals surface area contributed by atoms with Crippen LogP contribution >= 0.6 is 0 Å². The molecule has 0 unspecified atom stereocenters. The molecule has 0 radical (unpaired) electrons. The number of amides is 1. The second-order valence-electron chi connectivity index (χ2n) is 8.51. The first-order valence-electron chi connectivity index (χ1n) is 11.4. The van der Waals surface area contributed by atoms with Crippen LogP contribution in [0.15, 0.2) is 72.8 Å². The van der Waals surface area contributed by atoms with Gasteiger partial charge in [-0.2, -0.15) is 0 Å². The number of benzene rings is 3. The molecule has 0 saturated carbocycles. The number of aromatic nitrogens is 1. The summed E-state index contributed by atoms with van der Waals surface area (Å²) in [5, 5.41) is 2.68. The molecule has 0 bridgehead atoms. The van der Waals surface area contributed by atoms with Gasteiger partial charge in [0.05, 0.1) is 24.1 Å². The van der Waals surface area contributed by atoms with Gasteiger partial charge in [-0.3, -0.25) is 4.79 Å². The maximum Gasteiger partial charge on any atom is 0.340 e. The van der Waals surface area contributed by atoms with E-state index >= 15 is 0 Å². The molecule has 0 aliphatic heterocycles. The summed E-state index contributed by atoms with van der Waals surface area (Å²) in [5.41, 5.74) is 5.95. The highest BCUT2D eigenvalue weighted by molar-refractivity contribution is 6.01. The van der Waals surface area contributed by atoms with Crippen LogP contribution in [0.5, 0.6) is 5.75 Å². The summed E-state index contributed by atoms with van der Waals surface area (Å²) in [6, 6.07) is 21.3. The lowest BCUT2D eigenvalue weighted by molar-refractivity contribution is -0.114. The van der Waals surface area contributed by atoms with Gasteiger partial charge in [-0.1, -0.05) is 23.8 Å². The zero-order valence-electron chi connectivity index (χ0n) is 20.6. The highest BCUT2D eigenvalue weighted by atomic mass is 19.1. The molecule has 1 amide bonds. The molecule has 0 spiro atoms. The monoisotopic (exact) mass is 486 g/mol. The van der Waals surface area contributed by atoms with Crippen molar-refractivity contribution in [3.8, 4) is 22.7 Å². The molecule has 184 valence electrons. The van der Waals surface area contributed by atoms with E-state index in [1.54, 1.807) is 24.3 Å². The Morgan fingerprint density at radius 3 is 2.39 bits per heavy atom. The molecule has 0 aliphatic carbocycles. The highest BCUT2D eigenvalue weighted by Gasteiger charge is 2.19. The minimum Gasteiger partial charge on any atom is -0.488 e. The standard InChI is InChI=1S/C29H27FN2O4/c1-18-5-14-28(36-17-21-7-9-22(30)10-8-21)25(15-18)27-13-6-19(2)32(27)23-11-12-26(31-20(3)33)24(16-23)29(34)35-4/h5-16H,17H2,1-4H3,(H,31,33). The number of aryl methyl sites for hydroxylation is 2. The summed E-state index contributed by atoms with van der Waals surface area (Å²) in [6.07, 6.45) is 0. The minimum atomic E-state index is -0.550. The summed E-state index contributed by atoms with van der Waals surface area (Å²) in [6.45, 7) is 5.64. The first-order chi connectivity index (χ1) is 17.3. The van der Waals surface area contributed by atoms with Gasteiger partial charge in [-0.05, 0) is 74.0 Å². The van der Waals surface area contributed by atoms with Crippen LogP contribution in [0.25, 0.3) is 16.9 Å². The van der Waals surface area contributed by atoms with Crippen molar-refractivity contribution >= 4 is 17.6 Å². The second kappa shape index (κ2) is 10.5. The van der Waals surface area contributed by atoms with E-state index in [0.717, 1.165) is 33.8 Å².